The van der Waals surface area contributed by atoms with Crippen molar-refractivity contribution in [3.63, 3.8) is 0 Å². The molecule has 1 rings (SSSR count). The maximum Gasteiger partial charge on any atom is 0.574 e. The number of pyridine rings is 1. The van der Waals surface area contributed by atoms with E-state index in [4.69, 9.17) is 11.0 Å². The molecular weight excluding hydrogens is 255 g/mol. The second-order valence-electron chi connectivity index (χ2n) is 2.93. The molecule has 0 amide bonds. The summed E-state index contributed by atoms with van der Waals surface area (Å²) in [5, 5.41) is 8.73. The predicted octanol–water partition coefficient (Wildman–Crippen LogP) is 1.22. The van der Waals surface area contributed by atoms with E-state index < -0.39 is 35.2 Å². The van der Waals surface area contributed by atoms with Crippen LogP contribution in [-0.2, 0) is 4.74 Å². The highest BCUT2D eigenvalue weighted by Crippen LogP contribution is 2.28. The molecule has 0 atom stereocenters. The lowest BCUT2D eigenvalue weighted by molar-refractivity contribution is -0.276. The summed E-state index contributed by atoms with van der Waals surface area (Å²) in [6.07, 6.45) is -5.07. The number of nitrogen functional groups attached to an aromatic ring is 1. The Hall–Kier alpha value is -2.50. The van der Waals surface area contributed by atoms with Gasteiger partial charge in [-0.3, -0.25) is 0 Å². The molecule has 96 valence electrons. The van der Waals surface area contributed by atoms with Crippen molar-refractivity contribution in [2.24, 2.45) is 0 Å². The minimum absolute atomic E-state index is 0.390. The Balaban J connectivity index is 3.43. The third-order valence-corrected chi connectivity index (χ3v) is 1.73. The number of hydrogen-bond donors (Lipinski definition) is 1. The maximum absolute atomic E-state index is 12.1. The number of alkyl halides is 3. The summed E-state index contributed by atoms with van der Waals surface area (Å²) < 4.78 is 44.1. The van der Waals surface area contributed by atoms with E-state index in [9.17, 15) is 18.0 Å². The predicted molar refractivity (Wildman–Crippen MR) is 51.4 cm³/mol. The average Bonchev–Trinajstić information content (AvgIpc) is 2.25. The largest absolute Gasteiger partial charge is 0.574 e. The van der Waals surface area contributed by atoms with Gasteiger partial charge in [0.05, 0.1) is 12.7 Å². The van der Waals surface area contributed by atoms with E-state index >= 15 is 0 Å². The van der Waals surface area contributed by atoms with Crippen molar-refractivity contribution in [3.8, 4) is 11.9 Å². The normalized spacial score (nSPS) is 10.6. The Bertz CT molecular complexity index is 522. The molecule has 1 heterocycles. The van der Waals surface area contributed by atoms with E-state index in [0.717, 1.165) is 13.2 Å². The molecule has 0 spiro atoms. The Morgan fingerprint density at radius 1 is 1.56 bits per heavy atom. The van der Waals surface area contributed by atoms with Crippen molar-refractivity contribution in [1.82, 2.24) is 4.98 Å². The Morgan fingerprint density at radius 2 is 2.17 bits per heavy atom. The fourth-order valence-electron chi connectivity index (χ4n) is 1.11. The van der Waals surface area contributed by atoms with Gasteiger partial charge in [0.15, 0.2) is 0 Å². The third kappa shape index (κ3) is 3.00. The highest BCUT2D eigenvalue weighted by molar-refractivity contribution is 5.95. The monoisotopic (exact) mass is 261 g/mol. The van der Waals surface area contributed by atoms with Gasteiger partial charge in [-0.15, -0.1) is 13.2 Å². The van der Waals surface area contributed by atoms with Gasteiger partial charge in [0.1, 0.15) is 17.5 Å². The summed E-state index contributed by atoms with van der Waals surface area (Å²) in [5.41, 5.74) is 4.05. The Labute approximate surface area is 98.7 Å². The first kappa shape index (κ1) is 13.6. The second-order valence-corrected chi connectivity index (χ2v) is 2.93. The van der Waals surface area contributed by atoms with Crippen molar-refractivity contribution in [3.05, 3.63) is 17.2 Å². The standard InChI is InChI=1S/C9H6F3N3O3/c1-17-8(16)6-4(3-13)2-5(14)15-7(6)18-9(10,11)12/h2H,1H3,(H2,14,15). The van der Waals surface area contributed by atoms with Crippen LogP contribution in [0.3, 0.4) is 0 Å². The van der Waals surface area contributed by atoms with Gasteiger partial charge in [-0.25, -0.2) is 4.79 Å². The van der Waals surface area contributed by atoms with Gasteiger partial charge >= 0.3 is 12.3 Å². The van der Waals surface area contributed by atoms with Gasteiger partial charge in [-0.1, -0.05) is 0 Å². The van der Waals surface area contributed by atoms with Gasteiger partial charge in [0.2, 0.25) is 5.88 Å². The van der Waals surface area contributed by atoms with Crippen LogP contribution in [0, 0.1) is 11.3 Å². The fraction of sp³-hybridized carbons (Fsp3) is 0.222. The number of anilines is 1. The number of nitrogens with two attached hydrogens (primary N) is 1. The molecule has 9 heteroatoms. The zero-order valence-electron chi connectivity index (χ0n) is 8.91. The van der Waals surface area contributed by atoms with Crippen molar-refractivity contribution < 1.29 is 27.4 Å². The molecule has 6 nitrogen and oxygen atoms in total. The van der Waals surface area contributed by atoms with Gasteiger partial charge < -0.3 is 15.2 Å². The lowest BCUT2D eigenvalue weighted by Crippen LogP contribution is -2.21. The number of ether oxygens (including phenoxy) is 2. The van der Waals surface area contributed by atoms with Crippen LogP contribution in [0.1, 0.15) is 15.9 Å². The summed E-state index contributed by atoms with van der Waals surface area (Å²) in [7, 11) is 0.942. The molecular formula is C9H6F3N3O3. The molecule has 0 aliphatic heterocycles. The molecule has 1 aromatic rings. The minimum Gasteiger partial charge on any atom is -0.465 e. The third-order valence-electron chi connectivity index (χ3n) is 1.73. The van der Waals surface area contributed by atoms with E-state index in [1.807, 2.05) is 0 Å². The fourth-order valence-corrected chi connectivity index (χ4v) is 1.11. The molecule has 0 bridgehead atoms. The summed E-state index contributed by atoms with van der Waals surface area (Å²) in [4.78, 5) is 14.5. The second kappa shape index (κ2) is 4.79. The number of methoxy groups -OCH3 is 1. The van der Waals surface area contributed by atoms with E-state index in [0.29, 0.717) is 0 Å². The van der Waals surface area contributed by atoms with Crippen LogP contribution in [-0.4, -0.2) is 24.4 Å². The number of nitrogens with zero attached hydrogens (tertiary/aromatic N) is 2. The first-order valence-electron chi connectivity index (χ1n) is 4.33. The molecule has 0 saturated heterocycles. The molecule has 2 N–H and O–H groups in total. The molecule has 0 radical (unpaired) electrons. The SMILES string of the molecule is COC(=O)c1c(C#N)cc(N)nc1OC(F)(F)F. The van der Waals surface area contributed by atoms with Crippen LogP contribution in [0.15, 0.2) is 6.07 Å². The summed E-state index contributed by atoms with van der Waals surface area (Å²) in [5.74, 6) is -2.69. The van der Waals surface area contributed by atoms with E-state index in [1.165, 1.54) is 6.07 Å². The van der Waals surface area contributed by atoms with Gasteiger partial charge in [0, 0.05) is 0 Å². The molecule has 18 heavy (non-hydrogen) atoms. The number of carbonyl (C=O) groups is 1. The van der Waals surface area contributed by atoms with Crippen LogP contribution in [0.5, 0.6) is 5.88 Å². The number of halogens is 3. The number of aromatic nitrogens is 1. The van der Waals surface area contributed by atoms with Gasteiger partial charge in [-0.05, 0) is 6.07 Å². The molecule has 1 aromatic heterocycles. The Kier molecular flexibility index (Phi) is 3.61. The number of esters is 1. The van der Waals surface area contributed by atoms with Crippen molar-refractivity contribution in [2.75, 3.05) is 12.8 Å². The van der Waals surface area contributed by atoms with Crippen molar-refractivity contribution in [2.45, 2.75) is 6.36 Å². The molecule has 0 fully saturated rings. The van der Waals surface area contributed by atoms with Crippen LogP contribution in [0.25, 0.3) is 0 Å². The van der Waals surface area contributed by atoms with E-state index in [1.54, 1.807) is 0 Å². The van der Waals surface area contributed by atoms with Crippen molar-refractivity contribution in [1.29, 1.82) is 5.26 Å². The summed E-state index contributed by atoms with van der Waals surface area (Å²) >= 11 is 0. The maximum atomic E-state index is 12.1. The zero-order chi connectivity index (χ0) is 13.9. The highest BCUT2D eigenvalue weighted by Gasteiger charge is 2.35. The molecule has 0 saturated carbocycles. The molecule has 0 aliphatic rings. The Morgan fingerprint density at radius 3 is 2.61 bits per heavy atom. The van der Waals surface area contributed by atoms with Crippen LogP contribution >= 0.6 is 0 Å². The zero-order valence-corrected chi connectivity index (χ0v) is 8.91. The lowest BCUT2D eigenvalue weighted by atomic mass is 10.1. The lowest BCUT2D eigenvalue weighted by Gasteiger charge is -2.12. The van der Waals surface area contributed by atoms with Crippen molar-refractivity contribution >= 4 is 11.8 Å². The number of nitriles is 1. The molecule has 0 aromatic carbocycles. The highest BCUT2D eigenvalue weighted by atomic mass is 19.4. The molecule has 0 aliphatic carbocycles. The van der Waals surface area contributed by atoms with E-state index in [2.05, 4.69) is 14.5 Å². The first-order chi connectivity index (χ1) is 8.28. The van der Waals surface area contributed by atoms with Crippen LogP contribution in [0.4, 0.5) is 19.0 Å². The summed E-state index contributed by atoms with van der Waals surface area (Å²) in [6, 6.07) is 2.45. The number of hydrogen-bond acceptors (Lipinski definition) is 6. The van der Waals surface area contributed by atoms with Gasteiger partial charge in [0.25, 0.3) is 0 Å². The summed E-state index contributed by atoms with van der Waals surface area (Å²) in [6.45, 7) is 0. The number of carbonyl (C=O) groups excluding carboxylic acids is 1. The topological polar surface area (TPSA) is 98.2 Å². The van der Waals surface area contributed by atoms with E-state index in [-0.39, 0.29) is 0 Å². The smallest absolute Gasteiger partial charge is 0.465 e. The quantitative estimate of drug-likeness (QED) is 0.803. The first-order valence-corrected chi connectivity index (χ1v) is 4.33. The minimum atomic E-state index is -5.07. The van der Waals surface area contributed by atoms with Crippen LogP contribution in [0.2, 0.25) is 0 Å². The van der Waals surface area contributed by atoms with Gasteiger partial charge in [-0.2, -0.15) is 10.2 Å². The average molecular weight is 261 g/mol. The number of rotatable bonds is 2. The molecule has 0 unspecified atom stereocenters. The van der Waals surface area contributed by atoms with Crippen LogP contribution < -0.4 is 10.5 Å².